The summed E-state index contributed by atoms with van der Waals surface area (Å²) in [7, 11) is 1.54. The normalized spacial score (nSPS) is 10.5. The van der Waals surface area contributed by atoms with Crippen molar-refractivity contribution in [2.45, 2.75) is 33.1 Å². The van der Waals surface area contributed by atoms with Crippen molar-refractivity contribution in [1.29, 1.82) is 0 Å². The highest BCUT2D eigenvalue weighted by molar-refractivity contribution is 5.95. The lowest BCUT2D eigenvalue weighted by atomic mass is 10.1. The van der Waals surface area contributed by atoms with Crippen LogP contribution in [0.3, 0.4) is 0 Å². The van der Waals surface area contributed by atoms with Gasteiger partial charge < -0.3 is 15.8 Å². The maximum absolute atomic E-state index is 11.9. The minimum absolute atomic E-state index is 0.0807. The highest BCUT2D eigenvalue weighted by Crippen LogP contribution is 2.21. The van der Waals surface area contributed by atoms with Gasteiger partial charge in [0, 0.05) is 12.1 Å². The van der Waals surface area contributed by atoms with E-state index in [1.54, 1.807) is 25.3 Å². The molecule has 0 aliphatic carbocycles. The van der Waals surface area contributed by atoms with Gasteiger partial charge >= 0.3 is 0 Å². The fourth-order valence-corrected chi connectivity index (χ4v) is 1.83. The maximum atomic E-state index is 11.9. The zero-order valence-electron chi connectivity index (χ0n) is 12.0. The Bertz CT molecular complexity index is 417. The lowest BCUT2D eigenvalue weighted by Gasteiger charge is -2.09. The van der Waals surface area contributed by atoms with Gasteiger partial charge in [-0.05, 0) is 30.5 Å². The summed E-state index contributed by atoms with van der Waals surface area (Å²) in [5.74, 6) is 1.17. The average Bonchev–Trinajstić information content (AvgIpc) is 2.38. The second-order valence-electron chi connectivity index (χ2n) is 5.10. The summed E-state index contributed by atoms with van der Waals surface area (Å²) >= 11 is 0. The van der Waals surface area contributed by atoms with Crippen molar-refractivity contribution in [3.63, 3.8) is 0 Å². The molecule has 3 N–H and O–H groups in total. The molecule has 4 heteroatoms. The molecule has 1 amide bonds. The number of hydrogen-bond donors (Lipinski definition) is 2. The first kappa shape index (κ1) is 15.3. The molecule has 0 spiro atoms. The molecule has 0 radical (unpaired) electrons. The van der Waals surface area contributed by atoms with E-state index in [-0.39, 0.29) is 5.91 Å². The third-order valence-electron chi connectivity index (χ3n) is 2.99. The van der Waals surface area contributed by atoms with Crippen LogP contribution in [0, 0.1) is 5.92 Å². The topological polar surface area (TPSA) is 64.3 Å². The van der Waals surface area contributed by atoms with Gasteiger partial charge in [-0.25, -0.2) is 0 Å². The van der Waals surface area contributed by atoms with Gasteiger partial charge in [0.25, 0.3) is 5.91 Å². The minimum Gasteiger partial charge on any atom is -0.495 e. The number of nitrogens with two attached hydrogens (primary N) is 1. The number of nitrogens with one attached hydrogen (secondary N) is 1. The number of anilines is 1. The van der Waals surface area contributed by atoms with Gasteiger partial charge in [0.05, 0.1) is 12.8 Å². The Morgan fingerprint density at radius 1 is 1.37 bits per heavy atom. The summed E-state index contributed by atoms with van der Waals surface area (Å²) in [6.45, 7) is 5.12. The number of hydrogen-bond acceptors (Lipinski definition) is 3. The van der Waals surface area contributed by atoms with Gasteiger partial charge in [0.2, 0.25) is 0 Å². The first-order valence-corrected chi connectivity index (χ1v) is 6.76. The largest absolute Gasteiger partial charge is 0.495 e. The molecule has 0 aliphatic heterocycles. The van der Waals surface area contributed by atoms with Crippen LogP contribution in [-0.2, 0) is 0 Å². The molecule has 0 saturated heterocycles. The van der Waals surface area contributed by atoms with E-state index in [1.165, 1.54) is 6.42 Å². The summed E-state index contributed by atoms with van der Waals surface area (Å²) in [6.07, 6.45) is 3.35. The van der Waals surface area contributed by atoms with Gasteiger partial charge in [-0.1, -0.05) is 26.7 Å². The Kier molecular flexibility index (Phi) is 6.19. The van der Waals surface area contributed by atoms with E-state index >= 15 is 0 Å². The molecule has 1 rings (SSSR count). The van der Waals surface area contributed by atoms with E-state index in [4.69, 9.17) is 10.5 Å². The minimum atomic E-state index is -0.0807. The number of benzene rings is 1. The number of nitrogen functional groups attached to an aromatic ring is 1. The number of carbonyl (C=O) groups is 1. The van der Waals surface area contributed by atoms with Crippen LogP contribution in [0.25, 0.3) is 0 Å². The first-order valence-electron chi connectivity index (χ1n) is 6.76. The molecule has 0 unspecified atom stereocenters. The van der Waals surface area contributed by atoms with E-state index in [9.17, 15) is 4.79 Å². The zero-order valence-corrected chi connectivity index (χ0v) is 12.0. The van der Waals surface area contributed by atoms with Crippen LogP contribution >= 0.6 is 0 Å². The Hall–Kier alpha value is -1.71. The molecule has 19 heavy (non-hydrogen) atoms. The van der Waals surface area contributed by atoms with E-state index in [2.05, 4.69) is 19.2 Å². The number of methoxy groups -OCH3 is 1. The van der Waals surface area contributed by atoms with Gasteiger partial charge in [-0.15, -0.1) is 0 Å². The molecule has 0 bridgehead atoms. The van der Waals surface area contributed by atoms with Crippen molar-refractivity contribution in [3.8, 4) is 5.75 Å². The highest BCUT2D eigenvalue weighted by Gasteiger charge is 2.08. The number of amides is 1. The summed E-state index contributed by atoms with van der Waals surface area (Å²) in [5.41, 5.74) is 6.83. The van der Waals surface area contributed by atoms with Gasteiger partial charge in [-0.3, -0.25) is 4.79 Å². The Balaban J connectivity index is 2.41. The third kappa shape index (κ3) is 5.20. The maximum Gasteiger partial charge on any atom is 0.251 e. The van der Waals surface area contributed by atoms with Gasteiger partial charge in [0.15, 0.2) is 0 Å². The highest BCUT2D eigenvalue weighted by atomic mass is 16.5. The molecule has 0 fully saturated rings. The van der Waals surface area contributed by atoms with E-state index in [0.717, 1.165) is 18.8 Å². The fourth-order valence-electron chi connectivity index (χ4n) is 1.83. The first-order chi connectivity index (χ1) is 9.04. The summed E-state index contributed by atoms with van der Waals surface area (Å²) < 4.78 is 5.10. The summed E-state index contributed by atoms with van der Waals surface area (Å²) in [5, 5.41) is 2.91. The van der Waals surface area contributed by atoms with Crippen LogP contribution in [0.1, 0.15) is 43.5 Å². The second kappa shape index (κ2) is 7.67. The molecule has 0 aromatic heterocycles. The molecular formula is C15H24N2O2. The molecule has 0 saturated carbocycles. The van der Waals surface area contributed by atoms with Crippen LogP contribution < -0.4 is 15.8 Å². The van der Waals surface area contributed by atoms with Crippen LogP contribution in [0.4, 0.5) is 5.69 Å². The number of carbonyl (C=O) groups excluding carboxylic acids is 1. The van der Waals surface area contributed by atoms with Crippen molar-refractivity contribution in [2.75, 3.05) is 19.4 Å². The van der Waals surface area contributed by atoms with Crippen LogP contribution in [0.5, 0.6) is 5.75 Å². The predicted molar refractivity (Wildman–Crippen MR) is 78.4 cm³/mol. The molecular weight excluding hydrogens is 240 g/mol. The van der Waals surface area contributed by atoms with Crippen molar-refractivity contribution in [2.24, 2.45) is 5.92 Å². The quantitative estimate of drug-likeness (QED) is 0.588. The van der Waals surface area contributed by atoms with Crippen molar-refractivity contribution >= 4 is 11.6 Å². The zero-order chi connectivity index (χ0) is 14.3. The monoisotopic (exact) mass is 264 g/mol. The van der Waals surface area contributed by atoms with Gasteiger partial charge in [-0.2, -0.15) is 0 Å². The van der Waals surface area contributed by atoms with Crippen molar-refractivity contribution in [3.05, 3.63) is 23.8 Å². The van der Waals surface area contributed by atoms with Crippen molar-refractivity contribution in [1.82, 2.24) is 5.32 Å². The number of rotatable bonds is 7. The molecule has 1 aromatic carbocycles. The second-order valence-corrected chi connectivity index (χ2v) is 5.10. The predicted octanol–water partition coefficient (Wildman–Crippen LogP) is 2.83. The SMILES string of the molecule is COc1cc(C(=O)NCCCCC(C)C)ccc1N. The van der Waals surface area contributed by atoms with E-state index in [0.29, 0.717) is 23.5 Å². The van der Waals surface area contributed by atoms with E-state index in [1.807, 2.05) is 0 Å². The molecule has 0 aliphatic rings. The molecule has 0 heterocycles. The van der Waals surface area contributed by atoms with Crippen LogP contribution in [-0.4, -0.2) is 19.6 Å². The third-order valence-corrected chi connectivity index (χ3v) is 2.99. The standard InChI is InChI=1S/C15H24N2O2/c1-11(2)6-4-5-9-17-15(18)12-7-8-13(16)14(10-12)19-3/h7-8,10-11H,4-6,9,16H2,1-3H3,(H,17,18). The Labute approximate surface area is 115 Å². The van der Waals surface area contributed by atoms with Crippen LogP contribution in [0.2, 0.25) is 0 Å². The molecule has 1 aromatic rings. The van der Waals surface area contributed by atoms with Crippen molar-refractivity contribution < 1.29 is 9.53 Å². The van der Waals surface area contributed by atoms with Gasteiger partial charge in [0.1, 0.15) is 5.75 Å². The molecule has 4 nitrogen and oxygen atoms in total. The Morgan fingerprint density at radius 2 is 2.11 bits per heavy atom. The summed E-state index contributed by atoms with van der Waals surface area (Å²) in [6, 6.07) is 5.06. The lowest BCUT2D eigenvalue weighted by Crippen LogP contribution is -2.24. The average molecular weight is 264 g/mol. The number of ether oxygens (including phenoxy) is 1. The number of unbranched alkanes of at least 4 members (excludes halogenated alkanes) is 1. The van der Waals surface area contributed by atoms with E-state index < -0.39 is 0 Å². The smallest absolute Gasteiger partial charge is 0.251 e. The molecule has 106 valence electrons. The molecule has 0 atom stereocenters. The Morgan fingerprint density at radius 3 is 2.74 bits per heavy atom. The fraction of sp³-hybridized carbons (Fsp3) is 0.533. The summed E-state index contributed by atoms with van der Waals surface area (Å²) in [4.78, 5) is 11.9. The lowest BCUT2D eigenvalue weighted by molar-refractivity contribution is 0.0952. The van der Waals surface area contributed by atoms with Crippen LogP contribution in [0.15, 0.2) is 18.2 Å².